The smallest absolute Gasteiger partial charge is 0.410 e. The molecule has 0 aliphatic heterocycles. The molecule has 1 amide bonds. The molecule has 0 saturated heterocycles. The lowest BCUT2D eigenvalue weighted by Gasteiger charge is -2.35. The summed E-state index contributed by atoms with van der Waals surface area (Å²) in [4.78, 5) is 13.6. The maximum atomic E-state index is 12.0. The molecule has 21 heavy (non-hydrogen) atoms. The number of hydrogen-bond acceptors (Lipinski definition) is 5. The maximum Gasteiger partial charge on any atom is 0.410 e. The fraction of sp³-hybridized carbons (Fsp3) is 0.929. The van der Waals surface area contributed by atoms with E-state index in [0.29, 0.717) is 0 Å². The summed E-state index contributed by atoms with van der Waals surface area (Å²) >= 11 is 0. The van der Waals surface area contributed by atoms with E-state index in [4.69, 9.17) is 8.92 Å². The van der Waals surface area contributed by atoms with Crippen molar-refractivity contribution in [2.24, 2.45) is 5.92 Å². The quantitative estimate of drug-likeness (QED) is 0.743. The zero-order valence-corrected chi connectivity index (χ0v) is 14.4. The Morgan fingerprint density at radius 1 is 1.19 bits per heavy atom. The molecule has 0 heterocycles. The van der Waals surface area contributed by atoms with Gasteiger partial charge in [0.1, 0.15) is 5.60 Å². The van der Waals surface area contributed by atoms with Gasteiger partial charge in [-0.05, 0) is 52.4 Å². The van der Waals surface area contributed by atoms with E-state index < -0.39 is 15.7 Å². The minimum absolute atomic E-state index is 0.148. The highest BCUT2D eigenvalue weighted by Crippen LogP contribution is 2.28. The average molecular weight is 321 g/mol. The number of carbonyl (C=O) groups excluding carboxylic acids is 1. The van der Waals surface area contributed by atoms with E-state index in [1.54, 1.807) is 11.9 Å². The van der Waals surface area contributed by atoms with E-state index in [-0.39, 0.29) is 24.7 Å². The SMILES string of the molecule is CN(C(=O)OC(C)(C)C)[C@H]1CC[C@H](COS(C)(=O)=O)CC1. The van der Waals surface area contributed by atoms with Crippen molar-refractivity contribution in [3.8, 4) is 0 Å². The summed E-state index contributed by atoms with van der Waals surface area (Å²) in [6.07, 6.45) is 4.15. The average Bonchev–Trinajstić information content (AvgIpc) is 2.33. The Bertz CT molecular complexity index is 446. The number of amides is 1. The molecule has 0 bridgehead atoms. The molecule has 0 atom stereocenters. The maximum absolute atomic E-state index is 12.0. The number of nitrogens with zero attached hydrogens (tertiary/aromatic N) is 1. The van der Waals surface area contributed by atoms with Crippen LogP contribution in [0.3, 0.4) is 0 Å². The largest absolute Gasteiger partial charge is 0.444 e. The monoisotopic (exact) mass is 321 g/mol. The summed E-state index contributed by atoms with van der Waals surface area (Å²) in [5, 5.41) is 0. The van der Waals surface area contributed by atoms with Gasteiger partial charge in [0, 0.05) is 13.1 Å². The Morgan fingerprint density at radius 2 is 1.71 bits per heavy atom. The first-order valence-electron chi connectivity index (χ1n) is 7.28. The summed E-state index contributed by atoms with van der Waals surface area (Å²) in [6.45, 7) is 5.77. The van der Waals surface area contributed by atoms with Gasteiger partial charge in [-0.25, -0.2) is 4.79 Å². The van der Waals surface area contributed by atoms with Crippen molar-refractivity contribution in [1.82, 2.24) is 4.90 Å². The van der Waals surface area contributed by atoms with Gasteiger partial charge in [0.15, 0.2) is 0 Å². The minimum Gasteiger partial charge on any atom is -0.444 e. The van der Waals surface area contributed by atoms with Crippen LogP contribution in [-0.4, -0.2) is 51.0 Å². The van der Waals surface area contributed by atoms with Crippen LogP contribution >= 0.6 is 0 Å². The molecular formula is C14H27NO5S. The lowest BCUT2D eigenvalue weighted by atomic mass is 9.86. The van der Waals surface area contributed by atoms with Gasteiger partial charge in [0.25, 0.3) is 10.1 Å². The Morgan fingerprint density at radius 3 is 2.14 bits per heavy atom. The third-order valence-electron chi connectivity index (χ3n) is 3.56. The van der Waals surface area contributed by atoms with Crippen LogP contribution in [0.5, 0.6) is 0 Å². The van der Waals surface area contributed by atoms with Crippen molar-refractivity contribution in [3.05, 3.63) is 0 Å². The first kappa shape index (κ1) is 18.2. The molecule has 0 aromatic heterocycles. The van der Waals surface area contributed by atoms with Crippen LogP contribution in [0, 0.1) is 5.92 Å². The van der Waals surface area contributed by atoms with Crippen LogP contribution in [0.15, 0.2) is 0 Å². The second-order valence-corrected chi connectivity index (χ2v) is 8.40. The molecule has 1 fully saturated rings. The van der Waals surface area contributed by atoms with E-state index >= 15 is 0 Å². The molecule has 0 unspecified atom stereocenters. The van der Waals surface area contributed by atoms with Crippen LogP contribution < -0.4 is 0 Å². The second kappa shape index (κ2) is 6.96. The van der Waals surface area contributed by atoms with E-state index in [9.17, 15) is 13.2 Å². The fourth-order valence-corrected chi connectivity index (χ4v) is 2.84. The van der Waals surface area contributed by atoms with Crippen molar-refractivity contribution in [2.75, 3.05) is 19.9 Å². The Kier molecular flexibility index (Phi) is 6.04. The Hall–Kier alpha value is -0.820. The molecule has 0 aromatic carbocycles. The van der Waals surface area contributed by atoms with Gasteiger partial charge < -0.3 is 9.64 Å². The van der Waals surface area contributed by atoms with Gasteiger partial charge in [-0.3, -0.25) is 4.18 Å². The summed E-state index contributed by atoms with van der Waals surface area (Å²) in [6, 6.07) is 0.148. The van der Waals surface area contributed by atoms with E-state index in [2.05, 4.69) is 0 Å². The standard InChI is InChI=1S/C14H27NO5S/c1-14(2,3)20-13(16)15(4)12-8-6-11(7-9-12)10-19-21(5,17)18/h11-12H,6-10H2,1-5H3/t11-,12-. The van der Waals surface area contributed by atoms with Gasteiger partial charge in [0.2, 0.25) is 0 Å². The molecular weight excluding hydrogens is 294 g/mol. The first-order chi connectivity index (χ1) is 9.48. The van der Waals surface area contributed by atoms with Crippen LogP contribution in [-0.2, 0) is 19.0 Å². The van der Waals surface area contributed by atoms with Gasteiger partial charge in [-0.1, -0.05) is 0 Å². The van der Waals surface area contributed by atoms with Gasteiger partial charge in [-0.15, -0.1) is 0 Å². The first-order valence-corrected chi connectivity index (χ1v) is 9.10. The van der Waals surface area contributed by atoms with Crippen LogP contribution in [0.4, 0.5) is 4.79 Å². The van der Waals surface area contributed by atoms with Crippen molar-refractivity contribution in [2.45, 2.75) is 58.1 Å². The molecule has 6 nitrogen and oxygen atoms in total. The van der Waals surface area contributed by atoms with Gasteiger partial charge in [-0.2, -0.15) is 8.42 Å². The van der Waals surface area contributed by atoms with Crippen molar-refractivity contribution >= 4 is 16.2 Å². The normalized spacial score (nSPS) is 23.7. The lowest BCUT2D eigenvalue weighted by molar-refractivity contribution is 0.0164. The Balaban J connectivity index is 2.40. The van der Waals surface area contributed by atoms with Crippen molar-refractivity contribution < 1.29 is 22.1 Å². The minimum atomic E-state index is -3.37. The van der Waals surface area contributed by atoms with E-state index in [1.807, 2.05) is 20.8 Å². The van der Waals surface area contributed by atoms with Crippen LogP contribution in [0.1, 0.15) is 46.5 Å². The molecule has 124 valence electrons. The molecule has 1 rings (SSSR count). The zero-order valence-electron chi connectivity index (χ0n) is 13.6. The predicted octanol–water partition coefficient (Wildman–Crippen LogP) is 2.39. The van der Waals surface area contributed by atoms with Crippen molar-refractivity contribution in [1.29, 1.82) is 0 Å². The van der Waals surface area contributed by atoms with Crippen molar-refractivity contribution in [3.63, 3.8) is 0 Å². The summed E-state index contributed by atoms with van der Waals surface area (Å²) in [5.74, 6) is 0.239. The highest BCUT2D eigenvalue weighted by atomic mass is 32.2. The molecule has 1 aliphatic rings. The highest BCUT2D eigenvalue weighted by molar-refractivity contribution is 7.85. The van der Waals surface area contributed by atoms with Crippen LogP contribution in [0.25, 0.3) is 0 Å². The lowest BCUT2D eigenvalue weighted by Crippen LogP contribution is -2.42. The molecule has 1 aliphatic carbocycles. The molecule has 0 aromatic rings. The summed E-state index contributed by atoms with van der Waals surface area (Å²) in [7, 11) is -1.62. The molecule has 0 spiro atoms. The molecule has 0 radical (unpaired) electrons. The highest BCUT2D eigenvalue weighted by Gasteiger charge is 2.29. The number of hydrogen-bond donors (Lipinski definition) is 0. The molecule has 1 saturated carbocycles. The number of rotatable bonds is 4. The number of carbonyl (C=O) groups is 1. The number of ether oxygens (including phenoxy) is 1. The predicted molar refractivity (Wildman–Crippen MR) is 80.5 cm³/mol. The molecule has 0 N–H and O–H groups in total. The topological polar surface area (TPSA) is 72.9 Å². The third-order valence-corrected chi connectivity index (χ3v) is 4.13. The molecule has 7 heteroatoms. The van der Waals surface area contributed by atoms with Gasteiger partial charge in [0.05, 0.1) is 12.9 Å². The van der Waals surface area contributed by atoms with Crippen LogP contribution in [0.2, 0.25) is 0 Å². The van der Waals surface area contributed by atoms with E-state index in [1.165, 1.54) is 0 Å². The second-order valence-electron chi connectivity index (χ2n) is 6.75. The summed E-state index contributed by atoms with van der Waals surface area (Å²) in [5.41, 5.74) is -0.494. The fourth-order valence-electron chi connectivity index (χ4n) is 2.40. The third kappa shape index (κ3) is 7.13. The van der Waals surface area contributed by atoms with E-state index in [0.717, 1.165) is 31.9 Å². The Labute approximate surface area is 127 Å². The van der Waals surface area contributed by atoms with Gasteiger partial charge >= 0.3 is 6.09 Å². The summed E-state index contributed by atoms with van der Waals surface area (Å²) < 4.78 is 32.2. The zero-order chi connectivity index (χ0) is 16.3.